The van der Waals surface area contributed by atoms with E-state index in [2.05, 4.69) is 0 Å². The van der Waals surface area contributed by atoms with E-state index in [1.54, 1.807) is 0 Å². The molecule has 156 valence electrons. The summed E-state index contributed by atoms with van der Waals surface area (Å²) < 4.78 is 166. The van der Waals surface area contributed by atoms with Crippen molar-refractivity contribution in [3.8, 4) is 0 Å². The zero-order chi connectivity index (χ0) is 21.8. The van der Waals surface area contributed by atoms with Gasteiger partial charge in [0.05, 0.1) is 0 Å². The summed E-state index contributed by atoms with van der Waals surface area (Å²) in [6, 6.07) is 0. The van der Waals surface area contributed by atoms with Crippen LogP contribution in [0, 0.1) is 0 Å². The Balaban J connectivity index is 6.29. The lowest BCUT2D eigenvalue weighted by Crippen LogP contribution is -2.72. The van der Waals surface area contributed by atoms with Gasteiger partial charge in [0.2, 0.25) is 0 Å². The predicted molar refractivity (Wildman–Crippen MR) is 58.7 cm³/mol. The van der Waals surface area contributed by atoms with E-state index >= 15 is 0 Å². The van der Waals surface area contributed by atoms with Crippen LogP contribution in [0.2, 0.25) is 0 Å². The van der Waals surface area contributed by atoms with Gasteiger partial charge in [0.15, 0.2) is 0 Å². The van der Waals surface area contributed by atoms with Crippen molar-refractivity contribution in [2.45, 2.75) is 62.1 Å². The van der Waals surface area contributed by atoms with Gasteiger partial charge in [-0.3, -0.25) is 4.79 Å². The van der Waals surface area contributed by atoms with E-state index in [4.69, 9.17) is 0 Å². The normalized spacial score (nSPS) is 15.8. The highest BCUT2D eigenvalue weighted by molar-refractivity contribution is 5.85. The maximum absolute atomic E-state index is 13.3. The average Bonchev–Trinajstić information content (AvgIpc) is 2.34. The molecule has 0 saturated heterocycles. The first-order valence-corrected chi connectivity index (χ1v) is 6.16. The van der Waals surface area contributed by atoms with Crippen LogP contribution in [-0.2, 0) is 4.79 Å². The Bertz CT molecular complexity index is 543. The quantitative estimate of drug-likeness (QED) is 0.647. The Kier molecular flexibility index (Phi) is 5.70. The van der Waals surface area contributed by atoms with Crippen molar-refractivity contribution in [2.75, 3.05) is 0 Å². The maximum atomic E-state index is 13.3. The molecule has 0 aromatic heterocycles. The number of rotatable bonds is 5. The third kappa shape index (κ3) is 3.52. The third-order valence-electron chi connectivity index (χ3n) is 2.71. The van der Waals surface area contributed by atoms with Gasteiger partial charge in [0.1, 0.15) is 0 Å². The van der Waals surface area contributed by atoms with Gasteiger partial charge in [-0.1, -0.05) is 0 Å². The summed E-state index contributed by atoms with van der Waals surface area (Å²) in [5.74, 6) is -41.5. The van der Waals surface area contributed by atoms with Crippen LogP contribution in [0.4, 0.5) is 57.1 Å². The van der Waals surface area contributed by atoms with Crippen LogP contribution in [0.3, 0.4) is 0 Å². The molecule has 0 aliphatic heterocycles. The molecule has 1 amide bonds. The molecular formula is C11H10F13NO. The number of hydrogen-bond acceptors (Lipinski definition) is 1. The second-order valence-electron chi connectivity index (χ2n) is 6.07. The highest BCUT2D eigenvalue weighted by Crippen LogP contribution is 2.60. The molecule has 0 saturated carbocycles. The first kappa shape index (κ1) is 24.6. The molecule has 0 spiro atoms. The second-order valence-corrected chi connectivity index (χ2v) is 6.07. The fourth-order valence-corrected chi connectivity index (χ4v) is 1.33. The third-order valence-corrected chi connectivity index (χ3v) is 2.71. The fourth-order valence-electron chi connectivity index (χ4n) is 1.33. The lowest BCUT2D eigenvalue weighted by atomic mass is 9.93. The molecule has 0 aliphatic carbocycles. The molecule has 15 heteroatoms. The Morgan fingerprint density at radius 2 is 0.885 bits per heavy atom. The molecule has 0 fully saturated rings. The van der Waals surface area contributed by atoms with E-state index in [9.17, 15) is 61.9 Å². The molecule has 1 N–H and O–H groups in total. The maximum Gasteiger partial charge on any atom is 0.460 e. The number of nitrogens with one attached hydrogen (secondary N) is 1. The van der Waals surface area contributed by atoms with Crippen molar-refractivity contribution in [3.05, 3.63) is 0 Å². The second kappa shape index (κ2) is 6.04. The van der Waals surface area contributed by atoms with Gasteiger partial charge in [-0.15, -0.1) is 0 Å². The van der Waals surface area contributed by atoms with E-state index < -0.39 is 47.2 Å². The smallest absolute Gasteiger partial charge is 0.346 e. The lowest BCUT2D eigenvalue weighted by molar-refractivity contribution is -0.436. The van der Waals surface area contributed by atoms with E-state index in [1.807, 2.05) is 0 Å². The van der Waals surface area contributed by atoms with Crippen LogP contribution in [0.15, 0.2) is 0 Å². The summed E-state index contributed by atoms with van der Waals surface area (Å²) in [5.41, 5.74) is -1.80. The minimum atomic E-state index is -8.02. The molecule has 0 rings (SSSR count). The summed E-state index contributed by atoms with van der Waals surface area (Å²) in [4.78, 5) is 11.0. The van der Waals surface area contributed by atoms with Gasteiger partial charge in [-0.2, -0.15) is 57.1 Å². The first-order chi connectivity index (χ1) is 10.9. The molecule has 2 nitrogen and oxygen atoms in total. The summed E-state index contributed by atoms with van der Waals surface area (Å²) in [6.45, 7) is 2.59. The summed E-state index contributed by atoms with van der Waals surface area (Å²) in [6.07, 6.45) is -7.49. The molecule has 0 unspecified atom stereocenters. The number of hydrogen-bond donors (Lipinski definition) is 1. The number of carbonyl (C=O) groups is 1. The van der Waals surface area contributed by atoms with Crippen molar-refractivity contribution >= 4 is 5.91 Å². The Morgan fingerprint density at radius 3 is 1.15 bits per heavy atom. The number of amides is 1. The van der Waals surface area contributed by atoms with Gasteiger partial charge < -0.3 is 5.32 Å². The predicted octanol–water partition coefficient (Wildman–Crippen LogP) is 4.64. The van der Waals surface area contributed by atoms with Crippen LogP contribution in [0.1, 0.15) is 20.8 Å². The Morgan fingerprint density at radius 1 is 0.577 bits per heavy atom. The van der Waals surface area contributed by atoms with Gasteiger partial charge in [0.25, 0.3) is 5.91 Å². The van der Waals surface area contributed by atoms with Crippen LogP contribution in [0.5, 0.6) is 0 Å². The lowest BCUT2D eigenvalue weighted by Gasteiger charge is -2.39. The monoisotopic (exact) mass is 419 g/mol. The van der Waals surface area contributed by atoms with Crippen molar-refractivity contribution in [1.82, 2.24) is 5.32 Å². The number of alkyl halides is 13. The Hall–Kier alpha value is -1.44. The molecule has 26 heavy (non-hydrogen) atoms. The van der Waals surface area contributed by atoms with Crippen LogP contribution in [0.25, 0.3) is 0 Å². The van der Waals surface area contributed by atoms with Gasteiger partial charge in [-0.25, -0.2) is 0 Å². The minimum absolute atomic E-state index is 0.865. The van der Waals surface area contributed by atoms with E-state index in [0.717, 1.165) is 26.1 Å². The van der Waals surface area contributed by atoms with Crippen molar-refractivity contribution < 1.29 is 61.9 Å². The molecule has 0 atom stereocenters. The standard InChI is InChI=1S/C11H10F13NO/c1-5(2,3)25-4(26)6(12,13)7(14,15)8(16,17)9(18,19)10(20,21)11(22,23)24/h1-3H3,(H,25,26). The topological polar surface area (TPSA) is 29.1 Å². The van der Waals surface area contributed by atoms with Crippen molar-refractivity contribution in [2.24, 2.45) is 0 Å². The fraction of sp³-hybridized carbons (Fsp3) is 0.909. The molecule has 0 bridgehead atoms. The van der Waals surface area contributed by atoms with Crippen molar-refractivity contribution in [3.63, 3.8) is 0 Å². The minimum Gasteiger partial charge on any atom is -0.346 e. The summed E-state index contributed by atoms with van der Waals surface area (Å²) in [7, 11) is 0. The summed E-state index contributed by atoms with van der Waals surface area (Å²) in [5, 5.41) is 1.00. The van der Waals surface area contributed by atoms with Gasteiger partial charge >= 0.3 is 35.8 Å². The van der Waals surface area contributed by atoms with Crippen molar-refractivity contribution in [1.29, 1.82) is 0 Å². The highest BCUT2D eigenvalue weighted by atomic mass is 19.4. The van der Waals surface area contributed by atoms with E-state index in [0.29, 0.717) is 0 Å². The Labute approximate surface area is 136 Å². The van der Waals surface area contributed by atoms with E-state index in [1.165, 1.54) is 0 Å². The van der Waals surface area contributed by atoms with Gasteiger partial charge in [0, 0.05) is 5.54 Å². The first-order valence-electron chi connectivity index (χ1n) is 6.16. The number of halogens is 13. The van der Waals surface area contributed by atoms with Crippen LogP contribution in [-0.4, -0.2) is 47.2 Å². The molecule has 0 aromatic rings. The molecular weight excluding hydrogens is 409 g/mol. The number of carbonyl (C=O) groups excluding carboxylic acids is 1. The molecule has 0 aliphatic rings. The zero-order valence-electron chi connectivity index (χ0n) is 12.8. The summed E-state index contributed by atoms with van der Waals surface area (Å²) >= 11 is 0. The molecule has 0 aromatic carbocycles. The van der Waals surface area contributed by atoms with E-state index in [-0.39, 0.29) is 0 Å². The average molecular weight is 419 g/mol. The molecule has 0 heterocycles. The largest absolute Gasteiger partial charge is 0.460 e. The van der Waals surface area contributed by atoms with Gasteiger partial charge in [-0.05, 0) is 20.8 Å². The SMILES string of the molecule is CC(C)(C)NC(=O)C(F)(F)C(F)(F)C(F)(F)C(F)(F)C(F)(F)C(F)(F)F. The highest BCUT2D eigenvalue weighted by Gasteiger charge is 2.91. The van der Waals surface area contributed by atoms with Crippen LogP contribution >= 0.6 is 0 Å². The zero-order valence-corrected chi connectivity index (χ0v) is 12.8. The van der Waals surface area contributed by atoms with Crippen LogP contribution < -0.4 is 5.32 Å². The molecule has 0 radical (unpaired) electrons.